The molecule has 20 heavy (non-hydrogen) atoms. The maximum Gasteiger partial charge on any atom is 0.237 e. The number of nitrogens with two attached hydrogens (primary N) is 1. The third kappa shape index (κ3) is 5.80. The van der Waals surface area contributed by atoms with Gasteiger partial charge in [-0.15, -0.1) is 0 Å². The molecule has 0 heterocycles. The van der Waals surface area contributed by atoms with Crippen molar-refractivity contribution >= 4 is 5.91 Å². The van der Waals surface area contributed by atoms with E-state index >= 15 is 0 Å². The molecule has 0 spiro atoms. The van der Waals surface area contributed by atoms with Crippen molar-refractivity contribution in [2.75, 3.05) is 19.6 Å². The van der Waals surface area contributed by atoms with E-state index < -0.39 is 5.54 Å². The van der Waals surface area contributed by atoms with Crippen molar-refractivity contribution in [3.8, 4) is 0 Å². The Morgan fingerprint density at radius 3 is 2.45 bits per heavy atom. The highest BCUT2D eigenvalue weighted by Crippen LogP contribution is 2.27. The Hall–Kier alpha value is -0.610. The highest BCUT2D eigenvalue weighted by molar-refractivity contribution is 5.84. The molecule has 0 saturated heterocycles. The van der Waals surface area contributed by atoms with Gasteiger partial charge in [0.15, 0.2) is 0 Å². The van der Waals surface area contributed by atoms with Crippen LogP contribution in [0, 0.1) is 0 Å². The smallest absolute Gasteiger partial charge is 0.237 e. The number of carbonyl (C=O) groups excluding carboxylic acids is 1. The van der Waals surface area contributed by atoms with E-state index in [0.29, 0.717) is 0 Å². The van der Waals surface area contributed by atoms with Crippen molar-refractivity contribution < 1.29 is 4.79 Å². The van der Waals surface area contributed by atoms with Gasteiger partial charge < -0.3 is 16.0 Å². The molecule has 1 saturated carbocycles. The van der Waals surface area contributed by atoms with Gasteiger partial charge in [-0.05, 0) is 71.5 Å². The zero-order valence-electron chi connectivity index (χ0n) is 13.6. The maximum atomic E-state index is 11.6. The van der Waals surface area contributed by atoms with Gasteiger partial charge in [0, 0.05) is 6.04 Å². The second-order valence-electron chi connectivity index (χ2n) is 6.35. The second kappa shape index (κ2) is 8.63. The fourth-order valence-corrected chi connectivity index (χ4v) is 2.70. The molecule has 0 aromatic rings. The quantitative estimate of drug-likeness (QED) is 0.540. The van der Waals surface area contributed by atoms with Gasteiger partial charge in [0.1, 0.15) is 0 Å². The van der Waals surface area contributed by atoms with E-state index in [2.05, 4.69) is 24.1 Å². The lowest BCUT2D eigenvalue weighted by molar-refractivity contribution is -0.124. The summed E-state index contributed by atoms with van der Waals surface area (Å²) in [7, 11) is 0. The van der Waals surface area contributed by atoms with E-state index in [1.807, 2.05) is 6.92 Å². The summed E-state index contributed by atoms with van der Waals surface area (Å²) in [5, 5.41) is 3.31. The monoisotopic (exact) mass is 283 g/mol. The Balaban J connectivity index is 2.27. The van der Waals surface area contributed by atoms with Gasteiger partial charge >= 0.3 is 0 Å². The summed E-state index contributed by atoms with van der Waals surface area (Å²) in [6.45, 7) is 9.52. The van der Waals surface area contributed by atoms with Crippen LogP contribution in [0.4, 0.5) is 0 Å². The molecule has 1 fully saturated rings. The van der Waals surface area contributed by atoms with Gasteiger partial charge in [-0.3, -0.25) is 4.79 Å². The average molecular weight is 283 g/mol. The van der Waals surface area contributed by atoms with Crippen molar-refractivity contribution in [2.45, 2.75) is 77.3 Å². The van der Waals surface area contributed by atoms with Crippen LogP contribution in [-0.4, -0.2) is 42.0 Å². The van der Waals surface area contributed by atoms with Crippen LogP contribution in [-0.2, 0) is 4.79 Å². The molecule has 0 aromatic heterocycles. The zero-order valence-corrected chi connectivity index (χ0v) is 13.6. The fraction of sp³-hybridized carbons (Fsp3) is 0.938. The van der Waals surface area contributed by atoms with E-state index in [9.17, 15) is 4.79 Å². The predicted octanol–water partition coefficient (Wildman–Crippen LogP) is 2.27. The van der Waals surface area contributed by atoms with Crippen LogP contribution in [0.1, 0.15) is 65.7 Å². The SMILES string of the molecule is CCCNC(C)(CCCCN(CCC)C1CC1)C(N)=O. The highest BCUT2D eigenvalue weighted by atomic mass is 16.1. The first-order valence-corrected chi connectivity index (χ1v) is 8.32. The normalized spacial score (nSPS) is 18.2. The lowest BCUT2D eigenvalue weighted by atomic mass is 9.93. The molecule has 0 bridgehead atoms. The largest absolute Gasteiger partial charge is 0.368 e. The number of amides is 1. The summed E-state index contributed by atoms with van der Waals surface area (Å²) in [6.07, 6.45) is 8.06. The zero-order chi connectivity index (χ0) is 15.0. The van der Waals surface area contributed by atoms with Crippen LogP contribution in [0.15, 0.2) is 0 Å². The molecular weight excluding hydrogens is 250 g/mol. The third-order valence-corrected chi connectivity index (χ3v) is 4.26. The minimum absolute atomic E-state index is 0.224. The maximum absolute atomic E-state index is 11.6. The lowest BCUT2D eigenvalue weighted by Gasteiger charge is -2.28. The second-order valence-corrected chi connectivity index (χ2v) is 6.35. The van der Waals surface area contributed by atoms with E-state index in [0.717, 1.165) is 38.3 Å². The summed E-state index contributed by atoms with van der Waals surface area (Å²) in [5.41, 5.74) is 5.01. The Morgan fingerprint density at radius 1 is 1.25 bits per heavy atom. The van der Waals surface area contributed by atoms with E-state index in [-0.39, 0.29) is 5.91 Å². The molecule has 1 amide bonds. The number of carbonyl (C=O) groups is 1. The van der Waals surface area contributed by atoms with Gasteiger partial charge in [0.2, 0.25) is 5.91 Å². The van der Waals surface area contributed by atoms with Crippen molar-refractivity contribution in [2.24, 2.45) is 5.73 Å². The first kappa shape index (κ1) is 17.4. The summed E-state index contributed by atoms with van der Waals surface area (Å²) in [5.74, 6) is -0.224. The summed E-state index contributed by atoms with van der Waals surface area (Å²) in [4.78, 5) is 14.2. The first-order chi connectivity index (χ1) is 9.53. The molecule has 0 radical (unpaired) electrons. The highest BCUT2D eigenvalue weighted by Gasteiger charge is 2.30. The predicted molar refractivity (Wildman–Crippen MR) is 84.6 cm³/mol. The van der Waals surface area contributed by atoms with E-state index in [1.165, 1.54) is 32.4 Å². The molecule has 0 aliphatic heterocycles. The van der Waals surface area contributed by atoms with Gasteiger partial charge in [0.05, 0.1) is 5.54 Å². The number of nitrogens with zero attached hydrogens (tertiary/aromatic N) is 1. The Labute approximate surface area is 124 Å². The number of nitrogens with one attached hydrogen (secondary N) is 1. The van der Waals surface area contributed by atoms with Crippen molar-refractivity contribution in [1.29, 1.82) is 0 Å². The molecular formula is C16H33N3O. The molecule has 118 valence electrons. The summed E-state index contributed by atoms with van der Waals surface area (Å²) < 4.78 is 0. The number of unbranched alkanes of at least 4 members (excludes halogenated alkanes) is 1. The molecule has 4 heteroatoms. The molecule has 0 aromatic carbocycles. The summed E-state index contributed by atoms with van der Waals surface area (Å²) in [6, 6.07) is 0.843. The molecule has 1 aliphatic rings. The third-order valence-electron chi connectivity index (χ3n) is 4.26. The van der Waals surface area contributed by atoms with Crippen molar-refractivity contribution in [1.82, 2.24) is 10.2 Å². The molecule has 1 unspecified atom stereocenters. The minimum Gasteiger partial charge on any atom is -0.368 e. The van der Waals surface area contributed by atoms with Crippen LogP contribution < -0.4 is 11.1 Å². The Bertz CT molecular complexity index is 291. The van der Waals surface area contributed by atoms with Crippen LogP contribution in [0.3, 0.4) is 0 Å². The Kier molecular flexibility index (Phi) is 7.52. The lowest BCUT2D eigenvalue weighted by Crippen LogP contribution is -2.53. The van der Waals surface area contributed by atoms with Crippen LogP contribution in [0.5, 0.6) is 0 Å². The average Bonchev–Trinajstić information content (AvgIpc) is 3.24. The van der Waals surface area contributed by atoms with Gasteiger partial charge in [-0.25, -0.2) is 0 Å². The van der Waals surface area contributed by atoms with Crippen molar-refractivity contribution in [3.05, 3.63) is 0 Å². The van der Waals surface area contributed by atoms with Crippen LogP contribution >= 0.6 is 0 Å². The molecule has 4 nitrogen and oxygen atoms in total. The number of hydrogen-bond acceptors (Lipinski definition) is 3. The van der Waals surface area contributed by atoms with Gasteiger partial charge in [0.25, 0.3) is 0 Å². The van der Waals surface area contributed by atoms with E-state index in [4.69, 9.17) is 5.73 Å². The first-order valence-electron chi connectivity index (χ1n) is 8.32. The molecule has 1 atom stereocenters. The van der Waals surface area contributed by atoms with Gasteiger partial charge in [-0.1, -0.05) is 13.8 Å². The number of hydrogen-bond donors (Lipinski definition) is 2. The molecule has 1 rings (SSSR count). The minimum atomic E-state index is -0.537. The van der Waals surface area contributed by atoms with Gasteiger partial charge in [-0.2, -0.15) is 0 Å². The van der Waals surface area contributed by atoms with Crippen molar-refractivity contribution in [3.63, 3.8) is 0 Å². The van der Waals surface area contributed by atoms with E-state index in [1.54, 1.807) is 0 Å². The number of primary amides is 1. The fourth-order valence-electron chi connectivity index (χ4n) is 2.70. The number of rotatable bonds is 12. The Morgan fingerprint density at radius 2 is 1.95 bits per heavy atom. The van der Waals surface area contributed by atoms with Crippen LogP contribution in [0.2, 0.25) is 0 Å². The topological polar surface area (TPSA) is 58.4 Å². The summed E-state index contributed by atoms with van der Waals surface area (Å²) >= 11 is 0. The molecule has 3 N–H and O–H groups in total. The molecule has 1 aliphatic carbocycles. The van der Waals surface area contributed by atoms with Crippen LogP contribution in [0.25, 0.3) is 0 Å². The standard InChI is InChI=1S/C16H33N3O/c1-4-11-18-16(3,15(17)20)10-6-7-13-19(12-5-2)14-8-9-14/h14,18H,4-13H2,1-3H3,(H2,17,20).